The minimum absolute atomic E-state index is 0.0660. The number of benzene rings is 2. The number of nitrogens with zero attached hydrogens (tertiary/aromatic N) is 2. The van der Waals surface area contributed by atoms with Gasteiger partial charge in [-0.05, 0) is 60.0 Å². The van der Waals surface area contributed by atoms with E-state index in [4.69, 9.17) is 0 Å². The van der Waals surface area contributed by atoms with Gasteiger partial charge in [-0.1, -0.05) is 12.1 Å². The van der Waals surface area contributed by atoms with Crippen molar-refractivity contribution in [1.29, 1.82) is 0 Å². The predicted octanol–water partition coefficient (Wildman–Crippen LogP) is 4.43. The highest BCUT2D eigenvalue weighted by molar-refractivity contribution is 9.10. The van der Waals surface area contributed by atoms with Crippen LogP contribution in [0, 0.1) is 17.5 Å². The van der Waals surface area contributed by atoms with E-state index in [0.717, 1.165) is 17.1 Å². The van der Waals surface area contributed by atoms with E-state index < -0.39 is 46.1 Å². The van der Waals surface area contributed by atoms with Crippen LogP contribution in [0.4, 0.5) is 18.9 Å². The third-order valence-electron chi connectivity index (χ3n) is 5.85. The molecule has 0 saturated carbocycles. The summed E-state index contributed by atoms with van der Waals surface area (Å²) in [7, 11) is 0. The van der Waals surface area contributed by atoms with E-state index in [9.17, 15) is 27.9 Å². The highest BCUT2D eigenvalue weighted by atomic mass is 79.9. The van der Waals surface area contributed by atoms with Crippen molar-refractivity contribution in [3.8, 4) is 0 Å². The van der Waals surface area contributed by atoms with Crippen LogP contribution in [-0.4, -0.2) is 39.0 Å². The SMILES string of the molecule is C[C@]12CCCN1N(Cc1cccc(F)c1F)C(=O)C(C(=O)Nc1ccc(Br)c(F)c1)=C2O. The molecule has 2 N–H and O–H groups in total. The van der Waals surface area contributed by atoms with Crippen LogP contribution in [0.2, 0.25) is 0 Å². The maximum Gasteiger partial charge on any atom is 0.277 e. The van der Waals surface area contributed by atoms with Gasteiger partial charge in [0.2, 0.25) is 0 Å². The Morgan fingerprint density at radius 2 is 1.97 bits per heavy atom. The van der Waals surface area contributed by atoms with Gasteiger partial charge >= 0.3 is 0 Å². The molecule has 2 aromatic rings. The van der Waals surface area contributed by atoms with Gasteiger partial charge in [0, 0.05) is 17.8 Å². The number of rotatable bonds is 4. The van der Waals surface area contributed by atoms with E-state index in [2.05, 4.69) is 21.2 Å². The molecule has 10 heteroatoms. The Labute approximate surface area is 190 Å². The lowest BCUT2D eigenvalue weighted by molar-refractivity contribution is -0.160. The average Bonchev–Trinajstić information content (AvgIpc) is 3.14. The van der Waals surface area contributed by atoms with Crippen LogP contribution in [0.5, 0.6) is 0 Å². The maximum atomic E-state index is 14.3. The molecule has 1 fully saturated rings. The molecule has 2 heterocycles. The Balaban J connectivity index is 1.71. The number of nitrogens with one attached hydrogen (secondary N) is 1. The van der Waals surface area contributed by atoms with E-state index in [0.29, 0.717) is 19.4 Å². The van der Waals surface area contributed by atoms with Crippen LogP contribution in [0.15, 0.2) is 52.2 Å². The maximum absolute atomic E-state index is 14.3. The number of halogens is 4. The normalized spacial score (nSPS) is 21.2. The van der Waals surface area contributed by atoms with Crippen molar-refractivity contribution in [1.82, 2.24) is 10.0 Å². The molecule has 2 aliphatic rings. The van der Waals surface area contributed by atoms with Gasteiger partial charge in [0.05, 0.1) is 16.6 Å². The zero-order valence-electron chi connectivity index (χ0n) is 17.0. The van der Waals surface area contributed by atoms with Gasteiger partial charge in [0.1, 0.15) is 17.1 Å². The Morgan fingerprint density at radius 1 is 1.22 bits per heavy atom. The predicted molar refractivity (Wildman–Crippen MR) is 114 cm³/mol. The van der Waals surface area contributed by atoms with E-state index >= 15 is 0 Å². The molecule has 32 heavy (non-hydrogen) atoms. The Hall–Kier alpha value is -2.85. The fourth-order valence-corrected chi connectivity index (χ4v) is 4.39. The number of carbonyl (C=O) groups excluding carboxylic acids is 2. The minimum Gasteiger partial charge on any atom is -0.509 e. The quantitative estimate of drug-likeness (QED) is 0.598. The number of hydrogen-bond acceptors (Lipinski definition) is 4. The second-order valence-corrected chi connectivity index (χ2v) is 8.74. The van der Waals surface area contributed by atoms with Gasteiger partial charge in [-0.2, -0.15) is 0 Å². The van der Waals surface area contributed by atoms with E-state index in [1.54, 1.807) is 11.9 Å². The third-order valence-corrected chi connectivity index (χ3v) is 6.49. The largest absolute Gasteiger partial charge is 0.509 e. The molecule has 0 unspecified atom stereocenters. The summed E-state index contributed by atoms with van der Waals surface area (Å²) in [5, 5.41) is 16.1. The number of aliphatic hydroxyl groups excluding tert-OH is 1. The van der Waals surface area contributed by atoms with Crippen molar-refractivity contribution >= 4 is 33.4 Å². The smallest absolute Gasteiger partial charge is 0.277 e. The lowest BCUT2D eigenvalue weighted by Crippen LogP contribution is -2.60. The summed E-state index contributed by atoms with van der Waals surface area (Å²) < 4.78 is 42.0. The lowest BCUT2D eigenvalue weighted by atomic mass is 9.90. The highest BCUT2D eigenvalue weighted by Gasteiger charge is 2.52. The van der Waals surface area contributed by atoms with Crippen LogP contribution in [0.25, 0.3) is 0 Å². The van der Waals surface area contributed by atoms with Crippen molar-refractivity contribution in [3.05, 3.63) is 75.2 Å². The summed E-state index contributed by atoms with van der Waals surface area (Å²) >= 11 is 3.02. The van der Waals surface area contributed by atoms with E-state index in [1.807, 2.05) is 0 Å². The van der Waals surface area contributed by atoms with E-state index in [-0.39, 0.29) is 22.3 Å². The van der Waals surface area contributed by atoms with Gasteiger partial charge in [0.25, 0.3) is 11.8 Å². The fraction of sp³-hybridized carbons (Fsp3) is 0.273. The first-order chi connectivity index (χ1) is 15.1. The van der Waals surface area contributed by atoms with Crippen molar-refractivity contribution < 1.29 is 27.9 Å². The Kier molecular flexibility index (Phi) is 5.76. The molecule has 0 aliphatic carbocycles. The van der Waals surface area contributed by atoms with Crippen LogP contribution in [0.3, 0.4) is 0 Å². The minimum atomic E-state index is -1.09. The molecule has 2 aromatic carbocycles. The average molecular weight is 510 g/mol. The second kappa shape index (κ2) is 8.25. The number of aliphatic hydroxyl groups is 1. The van der Waals surface area contributed by atoms with Gasteiger partial charge in [-0.3, -0.25) is 14.6 Å². The summed E-state index contributed by atoms with van der Waals surface area (Å²) in [4.78, 5) is 26.3. The molecule has 0 aromatic heterocycles. The number of hydrogen-bond donors (Lipinski definition) is 2. The molecule has 4 rings (SSSR count). The molecule has 0 spiro atoms. The van der Waals surface area contributed by atoms with Crippen molar-refractivity contribution in [3.63, 3.8) is 0 Å². The Morgan fingerprint density at radius 3 is 2.69 bits per heavy atom. The first kappa shape index (κ1) is 22.3. The summed E-state index contributed by atoms with van der Waals surface area (Å²) in [6.07, 6.45) is 1.06. The number of fused-ring (bicyclic) bond motifs is 1. The number of amides is 2. The van der Waals surface area contributed by atoms with Gasteiger partial charge in [-0.15, -0.1) is 0 Å². The molecular weight excluding hydrogens is 491 g/mol. The Bertz CT molecular complexity index is 1160. The summed E-state index contributed by atoms with van der Waals surface area (Å²) in [6, 6.07) is 7.53. The van der Waals surface area contributed by atoms with Gasteiger partial charge in [0.15, 0.2) is 11.6 Å². The second-order valence-electron chi connectivity index (χ2n) is 7.88. The van der Waals surface area contributed by atoms with Gasteiger partial charge in [-0.25, -0.2) is 18.2 Å². The first-order valence-electron chi connectivity index (χ1n) is 9.86. The molecule has 0 bridgehead atoms. The molecule has 2 aliphatic heterocycles. The molecular formula is C22H19BrF3N3O3. The van der Waals surface area contributed by atoms with Crippen LogP contribution in [0.1, 0.15) is 25.3 Å². The van der Waals surface area contributed by atoms with Crippen molar-refractivity contribution in [2.24, 2.45) is 0 Å². The third kappa shape index (κ3) is 3.67. The molecule has 0 radical (unpaired) electrons. The summed E-state index contributed by atoms with van der Waals surface area (Å²) in [5.41, 5.74) is -1.57. The zero-order chi connectivity index (χ0) is 23.2. The number of carbonyl (C=O) groups is 2. The number of hydrazine groups is 1. The van der Waals surface area contributed by atoms with Crippen molar-refractivity contribution in [2.75, 3.05) is 11.9 Å². The van der Waals surface area contributed by atoms with Crippen LogP contribution in [-0.2, 0) is 16.1 Å². The number of anilines is 1. The lowest BCUT2D eigenvalue weighted by Gasteiger charge is -2.46. The summed E-state index contributed by atoms with van der Waals surface area (Å²) in [6.45, 7) is 1.73. The molecule has 1 saturated heterocycles. The molecule has 6 nitrogen and oxygen atoms in total. The monoisotopic (exact) mass is 509 g/mol. The zero-order valence-corrected chi connectivity index (χ0v) is 18.5. The molecule has 168 valence electrons. The van der Waals surface area contributed by atoms with E-state index in [1.165, 1.54) is 24.3 Å². The first-order valence-corrected chi connectivity index (χ1v) is 10.6. The highest BCUT2D eigenvalue weighted by Crippen LogP contribution is 2.42. The molecule has 1 atom stereocenters. The fourth-order valence-electron chi connectivity index (χ4n) is 4.15. The summed E-state index contributed by atoms with van der Waals surface area (Å²) in [5.74, 6) is -4.95. The van der Waals surface area contributed by atoms with Crippen LogP contribution >= 0.6 is 15.9 Å². The van der Waals surface area contributed by atoms with Gasteiger partial charge < -0.3 is 10.4 Å². The topological polar surface area (TPSA) is 72.9 Å². The standard InChI is InChI=1S/C22H19BrF3N3O3/c1-22-8-3-9-29(22)28(11-12-4-2-5-15(24)18(12)26)21(32)17(19(22)30)20(31)27-13-6-7-14(23)16(25)10-13/h2,4-7,10,30H,3,8-9,11H2,1H3,(H,27,31)/t22-/m1/s1. The van der Waals surface area contributed by atoms with Crippen LogP contribution < -0.4 is 5.32 Å². The molecule has 2 amide bonds. The van der Waals surface area contributed by atoms with Crippen molar-refractivity contribution in [2.45, 2.75) is 31.8 Å².